The van der Waals surface area contributed by atoms with Gasteiger partial charge in [-0.3, -0.25) is 0 Å². The molecule has 0 aromatic heterocycles. The van der Waals surface area contributed by atoms with Crippen LogP contribution in [0.5, 0.6) is 0 Å². The zero-order valence-corrected chi connectivity index (χ0v) is 7.29. The van der Waals surface area contributed by atoms with Gasteiger partial charge in [-0.1, -0.05) is 0 Å². The summed E-state index contributed by atoms with van der Waals surface area (Å²) in [5, 5.41) is 0. The van der Waals surface area contributed by atoms with Gasteiger partial charge in [0.05, 0.1) is 0 Å². The molecule has 0 saturated heterocycles. The molecular formula is C6H2F3Na. The van der Waals surface area contributed by atoms with Gasteiger partial charge in [-0.25, -0.2) is 0 Å². The summed E-state index contributed by atoms with van der Waals surface area (Å²) < 4.78 is 37.1. The fourth-order valence-corrected chi connectivity index (χ4v) is 1.01. The molecule has 0 bridgehead atoms. The van der Waals surface area contributed by atoms with E-state index in [1.807, 2.05) is 0 Å². The number of hydrogen-bond donors (Lipinski definition) is 0. The topological polar surface area (TPSA) is 0 Å². The Bertz CT molecular complexity index is 232. The van der Waals surface area contributed by atoms with E-state index in [0.29, 0.717) is 27.9 Å². The van der Waals surface area contributed by atoms with Crippen molar-refractivity contribution in [2.24, 2.45) is 0 Å². The van der Waals surface area contributed by atoms with Crippen LogP contribution in [0.1, 0.15) is 0 Å². The summed E-state index contributed by atoms with van der Waals surface area (Å²) in [5.41, 5.74) is 0. The molecule has 48 valence electrons. The first-order valence-electron chi connectivity index (χ1n) is 2.73. The molecule has 0 spiro atoms. The van der Waals surface area contributed by atoms with E-state index >= 15 is 0 Å². The molecule has 10 heavy (non-hydrogen) atoms. The van der Waals surface area contributed by atoms with Gasteiger partial charge in [0.25, 0.3) is 0 Å². The second kappa shape index (κ2) is 2.95. The monoisotopic (exact) mass is 154 g/mol. The predicted molar refractivity (Wildman–Crippen MR) is 31.7 cm³/mol. The van der Waals surface area contributed by atoms with Crippen LogP contribution in [0.3, 0.4) is 0 Å². The van der Waals surface area contributed by atoms with Crippen molar-refractivity contribution in [1.29, 1.82) is 0 Å². The molecule has 0 heterocycles. The van der Waals surface area contributed by atoms with Crippen LogP contribution in [-0.4, -0.2) is 27.9 Å². The van der Waals surface area contributed by atoms with Gasteiger partial charge in [0.15, 0.2) is 0 Å². The molecule has 0 saturated carbocycles. The minimum absolute atomic E-state index is 0.249. The van der Waals surface area contributed by atoms with Crippen LogP contribution < -0.4 is 2.81 Å². The number of halogens is 3. The molecule has 0 aliphatic carbocycles. The molecule has 1 aromatic carbocycles. The molecule has 0 unspecified atom stereocenters. The van der Waals surface area contributed by atoms with Gasteiger partial charge < -0.3 is 0 Å². The summed E-state index contributed by atoms with van der Waals surface area (Å²) in [7, 11) is 0. The van der Waals surface area contributed by atoms with Crippen molar-refractivity contribution >= 4 is 30.7 Å². The Hall–Kier alpha value is 0.01000. The van der Waals surface area contributed by atoms with Gasteiger partial charge in [-0.05, 0) is 0 Å². The van der Waals surface area contributed by atoms with Crippen molar-refractivity contribution in [3.8, 4) is 0 Å². The van der Waals surface area contributed by atoms with E-state index in [1.54, 1.807) is 0 Å². The van der Waals surface area contributed by atoms with E-state index in [1.165, 1.54) is 6.07 Å². The Morgan fingerprint density at radius 3 is 2.10 bits per heavy atom. The maximum absolute atomic E-state index is 12.4. The SMILES string of the molecule is Fc1cc[c]([Na])c(F)c1F. The average Bonchev–Trinajstić information content (AvgIpc) is 1.93. The molecule has 0 nitrogen and oxygen atoms in total. The van der Waals surface area contributed by atoms with Crippen molar-refractivity contribution in [1.82, 2.24) is 0 Å². The van der Waals surface area contributed by atoms with Gasteiger partial charge in [-0.15, -0.1) is 0 Å². The Labute approximate surface area is 73.5 Å². The Balaban J connectivity index is 3.34. The summed E-state index contributed by atoms with van der Waals surface area (Å²) >= 11 is 0.391. The second-order valence-corrected chi connectivity index (χ2v) is 3.07. The zero-order chi connectivity index (χ0) is 7.72. The molecule has 0 aliphatic heterocycles. The molecule has 1 rings (SSSR count). The van der Waals surface area contributed by atoms with Crippen LogP contribution in [0.25, 0.3) is 0 Å². The summed E-state index contributed by atoms with van der Waals surface area (Å²) in [5.74, 6) is -3.55. The fraction of sp³-hybridized carbons (Fsp3) is 0. The van der Waals surface area contributed by atoms with E-state index in [0.717, 1.165) is 6.07 Å². The summed E-state index contributed by atoms with van der Waals surface area (Å²) in [4.78, 5) is 0. The zero-order valence-electron chi connectivity index (χ0n) is 5.29. The molecule has 0 atom stereocenters. The van der Waals surface area contributed by atoms with Crippen LogP contribution in [0.4, 0.5) is 13.2 Å². The molecular weight excluding hydrogens is 152 g/mol. The van der Waals surface area contributed by atoms with Gasteiger partial charge in [0.1, 0.15) is 0 Å². The number of benzene rings is 1. The Kier molecular flexibility index (Phi) is 2.39. The van der Waals surface area contributed by atoms with Crippen LogP contribution in [0, 0.1) is 17.5 Å². The molecule has 0 N–H and O–H groups in total. The van der Waals surface area contributed by atoms with E-state index in [-0.39, 0.29) is 2.81 Å². The van der Waals surface area contributed by atoms with Crippen LogP contribution in [0.15, 0.2) is 12.1 Å². The second-order valence-electron chi connectivity index (χ2n) is 1.99. The van der Waals surface area contributed by atoms with E-state index in [2.05, 4.69) is 0 Å². The van der Waals surface area contributed by atoms with Crippen LogP contribution in [-0.2, 0) is 0 Å². The van der Waals surface area contributed by atoms with Crippen molar-refractivity contribution in [3.05, 3.63) is 29.6 Å². The molecule has 0 amide bonds. The van der Waals surface area contributed by atoms with Crippen molar-refractivity contribution < 1.29 is 13.2 Å². The Morgan fingerprint density at radius 2 is 1.60 bits per heavy atom. The maximum atomic E-state index is 12.4. The standard InChI is InChI=1S/C6H2F3.Na/c7-4-2-1-3-5(8)6(4)9;/h1-2H;. The quantitative estimate of drug-likeness (QED) is 0.384. The predicted octanol–water partition coefficient (Wildman–Crippen LogP) is 0.898. The van der Waals surface area contributed by atoms with Crippen LogP contribution >= 0.6 is 0 Å². The Morgan fingerprint density at radius 1 is 1.00 bits per heavy atom. The van der Waals surface area contributed by atoms with E-state index in [9.17, 15) is 13.2 Å². The molecule has 0 radical (unpaired) electrons. The average molecular weight is 154 g/mol. The normalized spacial score (nSPS) is 10.1. The fourth-order valence-electron chi connectivity index (χ4n) is 0.622. The van der Waals surface area contributed by atoms with Gasteiger partial charge >= 0.3 is 73.5 Å². The molecule has 1 aromatic rings. The third-order valence-corrected chi connectivity index (χ3v) is 2.00. The van der Waals surface area contributed by atoms with Crippen molar-refractivity contribution in [3.63, 3.8) is 0 Å². The minimum atomic E-state index is -1.37. The first-order chi connectivity index (χ1) is 4.63. The first kappa shape index (κ1) is 8.11. The third-order valence-electron chi connectivity index (χ3n) is 1.23. The van der Waals surface area contributed by atoms with E-state index in [4.69, 9.17) is 0 Å². The molecule has 0 aliphatic rings. The molecule has 4 heteroatoms. The first-order valence-corrected chi connectivity index (χ1v) is 3.73. The van der Waals surface area contributed by atoms with Crippen molar-refractivity contribution in [2.45, 2.75) is 0 Å². The third kappa shape index (κ3) is 1.36. The van der Waals surface area contributed by atoms with E-state index < -0.39 is 17.5 Å². The van der Waals surface area contributed by atoms with Crippen LogP contribution in [0.2, 0.25) is 0 Å². The number of rotatable bonds is 0. The van der Waals surface area contributed by atoms with Gasteiger partial charge in [0, 0.05) is 0 Å². The molecule has 0 fully saturated rings. The number of hydrogen-bond acceptors (Lipinski definition) is 0. The van der Waals surface area contributed by atoms with Gasteiger partial charge in [0.2, 0.25) is 0 Å². The van der Waals surface area contributed by atoms with Gasteiger partial charge in [-0.2, -0.15) is 0 Å². The summed E-state index contributed by atoms with van der Waals surface area (Å²) in [6.45, 7) is 0. The summed E-state index contributed by atoms with van der Waals surface area (Å²) in [6, 6.07) is 2.18. The summed E-state index contributed by atoms with van der Waals surface area (Å²) in [6.07, 6.45) is 0. The van der Waals surface area contributed by atoms with Crippen molar-refractivity contribution in [2.75, 3.05) is 0 Å².